The van der Waals surface area contributed by atoms with Gasteiger partial charge in [-0.1, -0.05) is 13.8 Å². The Bertz CT molecular complexity index is 656. The molecule has 0 radical (unpaired) electrons. The fourth-order valence-corrected chi connectivity index (χ4v) is 3.12. The number of carbonyl (C=O) groups excluding carboxylic acids is 3. The Balaban J connectivity index is 2.86. The second-order valence-electron chi connectivity index (χ2n) is 6.59. The minimum Gasteiger partial charge on any atom is -0.370 e. The van der Waals surface area contributed by atoms with E-state index in [9.17, 15) is 14.4 Å². The number of aliphatic imine (C=N–C) groups is 1. The standard InChI is InChI=1S/C17H28N6O3S/c1-10(2)9-13(22-11(3)24)15(26)23-12(5-4-6-21-17(18)19)14(25)16-20-7-8-27-16/h7-8,10,12-13H,4-6,9H2,1-3H3,(H,22,24)(H,23,26)(H4,18,19,21)/t12-,13-/m0/s1. The molecule has 1 aromatic rings. The molecule has 1 aromatic heterocycles. The van der Waals surface area contributed by atoms with Crippen molar-refractivity contribution >= 4 is 34.9 Å². The maximum atomic E-state index is 12.7. The third-order valence-electron chi connectivity index (χ3n) is 3.62. The van der Waals surface area contributed by atoms with Gasteiger partial charge in [0.15, 0.2) is 11.0 Å². The van der Waals surface area contributed by atoms with Crippen LogP contribution in [0.3, 0.4) is 0 Å². The minimum atomic E-state index is -0.763. The minimum absolute atomic E-state index is 0.0236. The molecule has 0 aliphatic rings. The van der Waals surface area contributed by atoms with Crippen LogP contribution in [-0.4, -0.2) is 47.2 Å². The summed E-state index contributed by atoms with van der Waals surface area (Å²) < 4.78 is 0. The molecule has 0 aromatic carbocycles. The van der Waals surface area contributed by atoms with Crippen LogP contribution in [0.2, 0.25) is 0 Å². The Kier molecular flexibility index (Phi) is 9.41. The SMILES string of the molecule is CC(=O)N[C@@H](CC(C)C)C(=O)N[C@@H](CCCN=C(N)N)C(=O)c1nccs1. The van der Waals surface area contributed by atoms with Crippen LogP contribution in [0.5, 0.6) is 0 Å². The number of nitrogens with two attached hydrogens (primary N) is 2. The highest BCUT2D eigenvalue weighted by molar-refractivity contribution is 7.11. The van der Waals surface area contributed by atoms with Crippen molar-refractivity contribution in [3.63, 3.8) is 0 Å². The quantitative estimate of drug-likeness (QED) is 0.184. The molecule has 0 saturated carbocycles. The highest BCUT2D eigenvalue weighted by Crippen LogP contribution is 2.12. The van der Waals surface area contributed by atoms with Crippen LogP contribution < -0.4 is 22.1 Å². The number of guanidine groups is 1. The Hall–Kier alpha value is -2.49. The number of amides is 2. The van der Waals surface area contributed by atoms with Gasteiger partial charge in [-0.2, -0.15) is 0 Å². The number of nitrogens with one attached hydrogen (secondary N) is 2. The Labute approximate surface area is 163 Å². The lowest BCUT2D eigenvalue weighted by atomic mass is 10.0. The van der Waals surface area contributed by atoms with Crippen LogP contribution in [0.15, 0.2) is 16.6 Å². The molecule has 1 heterocycles. The van der Waals surface area contributed by atoms with Crippen LogP contribution in [0, 0.1) is 5.92 Å². The maximum absolute atomic E-state index is 12.7. The van der Waals surface area contributed by atoms with Crippen molar-refractivity contribution in [2.45, 2.75) is 52.1 Å². The molecule has 6 N–H and O–H groups in total. The predicted octanol–water partition coefficient (Wildman–Crippen LogP) is 0.415. The number of hydrogen-bond acceptors (Lipinski definition) is 6. The van der Waals surface area contributed by atoms with Crippen molar-refractivity contribution in [2.24, 2.45) is 22.4 Å². The Morgan fingerprint density at radius 3 is 2.44 bits per heavy atom. The van der Waals surface area contributed by atoms with E-state index in [0.29, 0.717) is 30.8 Å². The number of carbonyl (C=O) groups is 3. The van der Waals surface area contributed by atoms with Gasteiger partial charge in [-0.05, 0) is 25.2 Å². The molecule has 150 valence electrons. The number of Topliss-reactive ketones (excluding diaryl/α,β-unsaturated/α-hetero) is 1. The second kappa shape index (κ2) is 11.3. The molecule has 0 aliphatic carbocycles. The molecular weight excluding hydrogens is 368 g/mol. The smallest absolute Gasteiger partial charge is 0.243 e. The average Bonchev–Trinajstić information content (AvgIpc) is 3.09. The molecule has 10 heteroatoms. The summed E-state index contributed by atoms with van der Waals surface area (Å²) in [5.41, 5.74) is 10.6. The number of aromatic nitrogens is 1. The highest BCUT2D eigenvalue weighted by Gasteiger charge is 2.28. The number of thiazole rings is 1. The largest absolute Gasteiger partial charge is 0.370 e. The van der Waals surface area contributed by atoms with Crippen LogP contribution in [0.25, 0.3) is 0 Å². The van der Waals surface area contributed by atoms with E-state index in [1.54, 1.807) is 5.38 Å². The van der Waals surface area contributed by atoms with Crippen molar-refractivity contribution in [1.82, 2.24) is 15.6 Å². The van der Waals surface area contributed by atoms with Crippen LogP contribution in [0.1, 0.15) is 49.8 Å². The summed E-state index contributed by atoms with van der Waals surface area (Å²) in [5, 5.41) is 7.42. The van der Waals surface area contributed by atoms with E-state index in [1.807, 2.05) is 13.8 Å². The van der Waals surface area contributed by atoms with E-state index in [-0.39, 0.29) is 23.6 Å². The first-order valence-corrected chi connectivity index (χ1v) is 9.65. The van der Waals surface area contributed by atoms with E-state index < -0.39 is 18.0 Å². The van der Waals surface area contributed by atoms with Gasteiger partial charge in [0.05, 0.1) is 6.04 Å². The first-order chi connectivity index (χ1) is 12.7. The fourth-order valence-electron chi connectivity index (χ4n) is 2.49. The molecule has 0 unspecified atom stereocenters. The van der Waals surface area contributed by atoms with Gasteiger partial charge in [0.2, 0.25) is 17.6 Å². The van der Waals surface area contributed by atoms with Crippen LogP contribution >= 0.6 is 11.3 Å². The molecular formula is C17H28N6O3S. The molecule has 9 nitrogen and oxygen atoms in total. The van der Waals surface area contributed by atoms with Crippen LogP contribution in [0.4, 0.5) is 0 Å². The van der Waals surface area contributed by atoms with Crippen LogP contribution in [-0.2, 0) is 9.59 Å². The molecule has 2 atom stereocenters. The number of hydrogen-bond donors (Lipinski definition) is 4. The van der Waals surface area contributed by atoms with Gasteiger partial charge in [0, 0.05) is 25.0 Å². The first kappa shape index (κ1) is 22.6. The van der Waals surface area contributed by atoms with Gasteiger partial charge in [0.1, 0.15) is 6.04 Å². The lowest BCUT2D eigenvalue weighted by Crippen LogP contribution is -2.51. The van der Waals surface area contributed by atoms with Gasteiger partial charge in [0.25, 0.3) is 0 Å². The summed E-state index contributed by atoms with van der Waals surface area (Å²) in [6.07, 6.45) is 2.87. The molecule has 0 bridgehead atoms. The van der Waals surface area contributed by atoms with Gasteiger partial charge < -0.3 is 22.1 Å². The van der Waals surface area contributed by atoms with Crippen molar-refractivity contribution in [3.05, 3.63) is 16.6 Å². The lowest BCUT2D eigenvalue weighted by Gasteiger charge is -2.23. The maximum Gasteiger partial charge on any atom is 0.243 e. The zero-order chi connectivity index (χ0) is 20.4. The second-order valence-corrected chi connectivity index (χ2v) is 7.49. The van der Waals surface area contributed by atoms with Crippen molar-refractivity contribution < 1.29 is 14.4 Å². The van der Waals surface area contributed by atoms with Gasteiger partial charge >= 0.3 is 0 Å². The van der Waals surface area contributed by atoms with E-state index >= 15 is 0 Å². The topological polar surface area (TPSA) is 153 Å². The molecule has 0 spiro atoms. The molecule has 0 saturated heterocycles. The molecule has 2 amide bonds. The molecule has 1 rings (SSSR count). The number of nitrogens with zero attached hydrogens (tertiary/aromatic N) is 2. The molecule has 27 heavy (non-hydrogen) atoms. The number of ketones is 1. The molecule has 0 aliphatic heterocycles. The average molecular weight is 397 g/mol. The van der Waals surface area contributed by atoms with Crippen molar-refractivity contribution in [2.75, 3.05) is 6.54 Å². The van der Waals surface area contributed by atoms with Gasteiger partial charge in [-0.3, -0.25) is 19.4 Å². The Morgan fingerprint density at radius 2 is 1.93 bits per heavy atom. The Morgan fingerprint density at radius 1 is 1.22 bits per heavy atom. The van der Waals surface area contributed by atoms with E-state index in [1.165, 1.54) is 24.5 Å². The van der Waals surface area contributed by atoms with E-state index in [0.717, 1.165) is 0 Å². The van der Waals surface area contributed by atoms with Crippen molar-refractivity contribution in [3.8, 4) is 0 Å². The summed E-state index contributed by atoms with van der Waals surface area (Å²) >= 11 is 1.21. The lowest BCUT2D eigenvalue weighted by molar-refractivity contribution is -0.128. The van der Waals surface area contributed by atoms with E-state index in [2.05, 4.69) is 20.6 Å². The summed E-state index contributed by atoms with van der Waals surface area (Å²) in [6, 6.07) is -1.46. The zero-order valence-corrected chi connectivity index (χ0v) is 16.7. The fraction of sp³-hybridized carbons (Fsp3) is 0.588. The summed E-state index contributed by atoms with van der Waals surface area (Å²) in [7, 11) is 0. The third-order valence-corrected chi connectivity index (χ3v) is 4.41. The summed E-state index contributed by atoms with van der Waals surface area (Å²) in [5.74, 6) is -0.789. The zero-order valence-electron chi connectivity index (χ0n) is 15.9. The summed E-state index contributed by atoms with van der Waals surface area (Å²) in [6.45, 7) is 5.61. The van der Waals surface area contributed by atoms with Gasteiger partial charge in [-0.25, -0.2) is 4.98 Å². The monoisotopic (exact) mass is 396 g/mol. The third kappa shape index (κ3) is 8.63. The summed E-state index contributed by atoms with van der Waals surface area (Å²) in [4.78, 5) is 44.7. The van der Waals surface area contributed by atoms with Crippen molar-refractivity contribution in [1.29, 1.82) is 0 Å². The van der Waals surface area contributed by atoms with Gasteiger partial charge in [-0.15, -0.1) is 11.3 Å². The predicted molar refractivity (Wildman–Crippen MR) is 105 cm³/mol. The van der Waals surface area contributed by atoms with E-state index in [4.69, 9.17) is 11.5 Å². The number of rotatable bonds is 11. The molecule has 0 fully saturated rings. The highest BCUT2D eigenvalue weighted by atomic mass is 32.1. The normalized spacial score (nSPS) is 12.9. The first-order valence-electron chi connectivity index (χ1n) is 8.77.